The van der Waals surface area contributed by atoms with Crippen LogP contribution < -0.4 is 21.2 Å². The van der Waals surface area contributed by atoms with E-state index in [4.69, 9.17) is 11.6 Å². The first-order chi connectivity index (χ1) is 7.24. The Hall–Kier alpha value is -0.0600. The van der Waals surface area contributed by atoms with Crippen molar-refractivity contribution in [1.29, 1.82) is 0 Å². The molecule has 2 aromatic carbocycles. The lowest BCUT2D eigenvalue weighted by molar-refractivity contribution is -0.597. The highest BCUT2D eigenvalue weighted by Crippen LogP contribution is 2.06. The van der Waals surface area contributed by atoms with Crippen molar-refractivity contribution in [3.8, 4) is 0 Å². The summed E-state index contributed by atoms with van der Waals surface area (Å²) in [5, 5.41) is 0.804. The van der Waals surface area contributed by atoms with Gasteiger partial charge in [0.2, 0.25) is 0 Å². The minimum absolute atomic E-state index is 0.0763. The van der Waals surface area contributed by atoms with Crippen molar-refractivity contribution >= 4 is 27.5 Å². The molecule has 0 amide bonds. The SMILES string of the molecule is Clc1ccc([I+]c2ccc(Br)cc2)cc1. The third-order valence-corrected chi connectivity index (χ3v) is 5.29. The zero-order valence-electron chi connectivity index (χ0n) is 7.75. The third kappa shape index (κ3) is 3.47. The van der Waals surface area contributed by atoms with Gasteiger partial charge in [0, 0.05) is 9.50 Å². The average Bonchev–Trinajstić information content (AvgIpc) is 2.25. The molecule has 0 nitrogen and oxygen atoms in total. The number of halogens is 3. The number of hydrogen-bond donors (Lipinski definition) is 0. The van der Waals surface area contributed by atoms with Crippen molar-refractivity contribution in [3.63, 3.8) is 0 Å². The van der Waals surface area contributed by atoms with Crippen molar-refractivity contribution in [2.24, 2.45) is 0 Å². The molecule has 0 heterocycles. The van der Waals surface area contributed by atoms with Gasteiger partial charge >= 0.3 is 21.2 Å². The van der Waals surface area contributed by atoms with Crippen LogP contribution in [0.3, 0.4) is 0 Å². The molecule has 0 radical (unpaired) electrons. The molecule has 0 atom stereocenters. The molecule has 0 aliphatic rings. The lowest BCUT2D eigenvalue weighted by Crippen LogP contribution is -3.61. The summed E-state index contributed by atoms with van der Waals surface area (Å²) in [5.74, 6) is 0. The Balaban J connectivity index is 2.15. The lowest BCUT2D eigenvalue weighted by Gasteiger charge is -1.89. The molecule has 76 valence electrons. The van der Waals surface area contributed by atoms with E-state index in [1.165, 1.54) is 7.14 Å². The Labute approximate surface area is 113 Å². The van der Waals surface area contributed by atoms with Crippen LogP contribution in [0.4, 0.5) is 0 Å². The van der Waals surface area contributed by atoms with Crippen molar-refractivity contribution in [2.45, 2.75) is 0 Å². The van der Waals surface area contributed by atoms with Crippen LogP contribution in [0.5, 0.6) is 0 Å². The van der Waals surface area contributed by atoms with Crippen LogP contribution in [-0.4, -0.2) is 0 Å². The summed E-state index contributed by atoms with van der Waals surface area (Å²) in [6.07, 6.45) is 0. The van der Waals surface area contributed by atoms with Crippen LogP contribution in [0.15, 0.2) is 53.0 Å². The van der Waals surface area contributed by atoms with E-state index in [0.717, 1.165) is 9.50 Å². The van der Waals surface area contributed by atoms with Crippen molar-refractivity contribution in [2.75, 3.05) is 0 Å². The highest BCUT2D eigenvalue weighted by Gasteiger charge is 2.14. The van der Waals surface area contributed by atoms with Crippen LogP contribution in [0, 0.1) is 7.14 Å². The standard InChI is InChI=1S/C12H8BrClI/c13-9-1-5-11(6-2-9)15-12-7-3-10(14)4-8-12/h1-8H/q+1. The molecule has 0 fully saturated rings. The fourth-order valence-corrected chi connectivity index (χ4v) is 3.66. The number of hydrogen-bond acceptors (Lipinski definition) is 0. The molecule has 0 aliphatic carbocycles. The maximum absolute atomic E-state index is 5.84. The van der Waals surface area contributed by atoms with E-state index in [1.807, 2.05) is 12.1 Å². The summed E-state index contributed by atoms with van der Waals surface area (Å²) in [4.78, 5) is 0. The topological polar surface area (TPSA) is 0 Å². The fraction of sp³-hybridized carbons (Fsp3) is 0. The minimum atomic E-state index is -0.0763. The van der Waals surface area contributed by atoms with Gasteiger partial charge in [-0.2, -0.15) is 0 Å². The molecule has 2 rings (SSSR count). The van der Waals surface area contributed by atoms with Gasteiger partial charge in [0.15, 0.2) is 7.14 Å². The van der Waals surface area contributed by atoms with Gasteiger partial charge in [-0.1, -0.05) is 27.5 Å². The van der Waals surface area contributed by atoms with E-state index in [9.17, 15) is 0 Å². The van der Waals surface area contributed by atoms with E-state index >= 15 is 0 Å². The largest absolute Gasteiger partial charge is 0.357 e. The summed E-state index contributed by atoms with van der Waals surface area (Å²) in [5.41, 5.74) is 0. The van der Waals surface area contributed by atoms with E-state index in [0.29, 0.717) is 0 Å². The molecule has 0 spiro atoms. The Bertz CT molecular complexity index is 393. The minimum Gasteiger partial charge on any atom is -0.0843 e. The summed E-state index contributed by atoms with van der Waals surface area (Å²) >= 11 is 9.20. The van der Waals surface area contributed by atoms with Gasteiger partial charge in [0.05, 0.1) is 0 Å². The third-order valence-electron chi connectivity index (χ3n) is 1.83. The molecule has 3 heteroatoms. The first kappa shape index (κ1) is 11.4. The van der Waals surface area contributed by atoms with Crippen LogP contribution in [0.2, 0.25) is 5.02 Å². The summed E-state index contributed by atoms with van der Waals surface area (Å²) in [6, 6.07) is 16.6. The smallest absolute Gasteiger partial charge is 0.0843 e. The second-order valence-electron chi connectivity index (χ2n) is 2.97. The average molecular weight is 394 g/mol. The van der Waals surface area contributed by atoms with Gasteiger partial charge in [0.25, 0.3) is 0 Å². The molecule has 0 saturated heterocycles. The molecule has 0 N–H and O–H groups in total. The lowest BCUT2D eigenvalue weighted by atomic mass is 10.4. The van der Waals surface area contributed by atoms with Crippen molar-refractivity contribution in [1.82, 2.24) is 0 Å². The van der Waals surface area contributed by atoms with Gasteiger partial charge in [-0.15, -0.1) is 0 Å². The summed E-state index contributed by atoms with van der Waals surface area (Å²) in [6.45, 7) is 0. The number of benzene rings is 2. The maximum Gasteiger partial charge on any atom is 0.357 e. The van der Waals surface area contributed by atoms with Crippen molar-refractivity contribution in [3.05, 3.63) is 65.2 Å². The zero-order valence-corrected chi connectivity index (χ0v) is 12.3. The molecule has 0 aromatic heterocycles. The number of rotatable bonds is 2. The predicted molar refractivity (Wildman–Crippen MR) is 63.0 cm³/mol. The van der Waals surface area contributed by atoms with Crippen LogP contribution in [0.1, 0.15) is 0 Å². The molecular formula is C12H8BrClI+. The quantitative estimate of drug-likeness (QED) is 0.673. The molecule has 0 bridgehead atoms. The molecule has 15 heavy (non-hydrogen) atoms. The van der Waals surface area contributed by atoms with E-state index in [1.54, 1.807) is 0 Å². The molecule has 0 unspecified atom stereocenters. The normalized spacial score (nSPS) is 10.3. The molecule has 0 saturated carbocycles. The van der Waals surface area contributed by atoms with Crippen molar-refractivity contribution < 1.29 is 21.2 Å². The first-order valence-corrected chi connectivity index (χ1v) is 7.73. The van der Waals surface area contributed by atoms with E-state index in [2.05, 4.69) is 52.3 Å². The Kier molecular flexibility index (Phi) is 4.05. The second-order valence-corrected chi connectivity index (χ2v) is 7.35. The highest BCUT2D eigenvalue weighted by atomic mass is 127. The zero-order chi connectivity index (χ0) is 10.7. The molecular weight excluding hydrogens is 386 g/mol. The summed E-state index contributed by atoms with van der Waals surface area (Å²) in [7, 11) is 0. The van der Waals surface area contributed by atoms with Crippen LogP contribution in [0.25, 0.3) is 0 Å². The van der Waals surface area contributed by atoms with E-state index < -0.39 is 0 Å². The van der Waals surface area contributed by atoms with Gasteiger partial charge < -0.3 is 0 Å². The Morgan fingerprint density at radius 2 is 1.27 bits per heavy atom. The van der Waals surface area contributed by atoms with Gasteiger partial charge in [-0.05, 0) is 48.5 Å². The summed E-state index contributed by atoms with van der Waals surface area (Å²) < 4.78 is 3.94. The van der Waals surface area contributed by atoms with Gasteiger partial charge in [-0.3, -0.25) is 0 Å². The van der Waals surface area contributed by atoms with E-state index in [-0.39, 0.29) is 21.2 Å². The van der Waals surface area contributed by atoms with Crippen LogP contribution in [-0.2, 0) is 0 Å². The maximum atomic E-state index is 5.84. The molecule has 2 aromatic rings. The highest BCUT2D eigenvalue weighted by molar-refractivity contribution is 9.10. The fourth-order valence-electron chi connectivity index (χ4n) is 1.11. The van der Waals surface area contributed by atoms with Gasteiger partial charge in [-0.25, -0.2) is 0 Å². The first-order valence-electron chi connectivity index (χ1n) is 4.40. The van der Waals surface area contributed by atoms with Crippen LogP contribution >= 0.6 is 27.5 Å². The second kappa shape index (κ2) is 5.32. The molecule has 0 aliphatic heterocycles. The predicted octanol–water partition coefficient (Wildman–Crippen LogP) is 1.23. The Morgan fingerprint density at radius 1 is 0.800 bits per heavy atom. The monoisotopic (exact) mass is 393 g/mol. The van der Waals surface area contributed by atoms with Gasteiger partial charge in [0.1, 0.15) is 0 Å². The Morgan fingerprint density at radius 3 is 1.80 bits per heavy atom.